The Morgan fingerprint density at radius 3 is 2.58 bits per heavy atom. The number of carbonyl (C=O) groups excluding carboxylic acids is 3. The van der Waals surface area contributed by atoms with Crippen LogP contribution in [0.4, 0.5) is 10.5 Å². The zero-order chi connectivity index (χ0) is 27.1. The van der Waals surface area contributed by atoms with Crippen LogP contribution in [0.5, 0.6) is 11.5 Å². The summed E-state index contributed by atoms with van der Waals surface area (Å²) in [6, 6.07) is 20.9. The quantitative estimate of drug-likeness (QED) is 0.334. The molecule has 3 amide bonds. The van der Waals surface area contributed by atoms with E-state index in [-0.39, 0.29) is 11.5 Å². The molecule has 1 saturated heterocycles. The minimum absolute atomic E-state index is 0.181. The average molecular weight is 548 g/mol. The SMILES string of the molecule is CCOc1cc(/C=C2/SC(=O)N(CC(=O)Nc3ccc(Cl)cc3)C2=O)ccc1OCc1ccccc1C#N. The standard InChI is InChI=1S/C28H22ClN3O5S/c1-2-36-24-13-18(7-12-23(24)37-17-20-6-4-3-5-19(20)15-30)14-25-27(34)32(28(35)38-25)16-26(33)31-22-10-8-21(29)9-11-22/h3-14H,2,16-17H2,1H3,(H,31,33)/b25-14+. The van der Waals surface area contributed by atoms with E-state index in [2.05, 4.69) is 11.4 Å². The van der Waals surface area contributed by atoms with Crippen LogP contribution in [0.1, 0.15) is 23.6 Å². The second-order valence-corrected chi connectivity index (χ2v) is 9.45. The molecule has 4 rings (SSSR count). The molecule has 38 heavy (non-hydrogen) atoms. The number of amides is 3. The zero-order valence-corrected chi connectivity index (χ0v) is 21.8. The third-order valence-corrected chi connectivity index (χ3v) is 6.55. The molecule has 1 aliphatic rings. The fourth-order valence-electron chi connectivity index (χ4n) is 3.58. The monoisotopic (exact) mass is 547 g/mol. The molecule has 3 aromatic rings. The summed E-state index contributed by atoms with van der Waals surface area (Å²) in [6.07, 6.45) is 1.57. The molecule has 1 fully saturated rings. The topological polar surface area (TPSA) is 109 Å². The van der Waals surface area contributed by atoms with Crippen molar-refractivity contribution in [1.82, 2.24) is 4.90 Å². The number of rotatable bonds is 9. The second-order valence-electron chi connectivity index (χ2n) is 8.02. The molecule has 10 heteroatoms. The number of thioether (sulfide) groups is 1. The molecule has 1 N–H and O–H groups in total. The molecule has 0 aliphatic carbocycles. The summed E-state index contributed by atoms with van der Waals surface area (Å²) in [5, 5.41) is 11.9. The first-order valence-electron chi connectivity index (χ1n) is 11.6. The van der Waals surface area contributed by atoms with Crippen LogP contribution in [0.25, 0.3) is 6.08 Å². The summed E-state index contributed by atoms with van der Waals surface area (Å²) >= 11 is 6.61. The van der Waals surface area contributed by atoms with Crippen molar-refractivity contribution < 1.29 is 23.9 Å². The predicted octanol–water partition coefficient (Wildman–Crippen LogP) is 5.86. The maximum absolute atomic E-state index is 12.9. The van der Waals surface area contributed by atoms with E-state index in [1.165, 1.54) is 0 Å². The minimum atomic E-state index is -0.558. The number of imide groups is 1. The number of anilines is 1. The number of carbonyl (C=O) groups is 3. The Bertz CT molecular complexity index is 1450. The molecule has 8 nitrogen and oxygen atoms in total. The van der Waals surface area contributed by atoms with Gasteiger partial charge < -0.3 is 14.8 Å². The number of nitriles is 1. The fourth-order valence-corrected chi connectivity index (χ4v) is 4.54. The van der Waals surface area contributed by atoms with Gasteiger partial charge in [-0.3, -0.25) is 19.3 Å². The van der Waals surface area contributed by atoms with Crippen LogP contribution < -0.4 is 14.8 Å². The molecule has 0 saturated carbocycles. The third kappa shape index (κ3) is 6.54. The van der Waals surface area contributed by atoms with Gasteiger partial charge in [-0.2, -0.15) is 5.26 Å². The number of ether oxygens (including phenoxy) is 2. The van der Waals surface area contributed by atoms with Crippen molar-refractivity contribution in [2.24, 2.45) is 0 Å². The normalized spacial score (nSPS) is 13.9. The van der Waals surface area contributed by atoms with E-state index in [1.54, 1.807) is 60.7 Å². The fraction of sp³-hybridized carbons (Fsp3) is 0.143. The molecule has 0 unspecified atom stereocenters. The van der Waals surface area contributed by atoms with Gasteiger partial charge in [0.05, 0.1) is 23.1 Å². The molecule has 3 aromatic carbocycles. The van der Waals surface area contributed by atoms with Gasteiger partial charge in [0.1, 0.15) is 13.2 Å². The van der Waals surface area contributed by atoms with Crippen LogP contribution in [-0.2, 0) is 16.2 Å². The summed E-state index contributed by atoms with van der Waals surface area (Å²) < 4.78 is 11.6. The highest BCUT2D eigenvalue weighted by atomic mass is 35.5. The van der Waals surface area contributed by atoms with Gasteiger partial charge in [-0.1, -0.05) is 35.9 Å². The highest BCUT2D eigenvalue weighted by molar-refractivity contribution is 8.18. The average Bonchev–Trinajstić information content (AvgIpc) is 3.17. The highest BCUT2D eigenvalue weighted by Gasteiger charge is 2.36. The van der Waals surface area contributed by atoms with Gasteiger partial charge in [0.2, 0.25) is 5.91 Å². The summed E-state index contributed by atoms with van der Waals surface area (Å²) in [5.41, 5.74) is 2.40. The number of hydrogen-bond acceptors (Lipinski definition) is 7. The Hall–Kier alpha value is -4.26. The van der Waals surface area contributed by atoms with Gasteiger partial charge in [-0.25, -0.2) is 0 Å². The molecular formula is C28H22ClN3O5S. The largest absolute Gasteiger partial charge is 0.490 e. The van der Waals surface area contributed by atoms with E-state index in [0.29, 0.717) is 39.9 Å². The van der Waals surface area contributed by atoms with E-state index < -0.39 is 23.6 Å². The van der Waals surface area contributed by atoms with Crippen LogP contribution >= 0.6 is 23.4 Å². The van der Waals surface area contributed by atoms with E-state index in [0.717, 1.165) is 22.2 Å². The molecule has 1 aliphatic heterocycles. The number of halogens is 1. The smallest absolute Gasteiger partial charge is 0.294 e. The van der Waals surface area contributed by atoms with Gasteiger partial charge in [-0.15, -0.1) is 0 Å². The lowest BCUT2D eigenvalue weighted by molar-refractivity contribution is -0.127. The lowest BCUT2D eigenvalue weighted by atomic mass is 10.1. The molecule has 192 valence electrons. The molecule has 0 bridgehead atoms. The number of benzene rings is 3. The molecule has 0 atom stereocenters. The van der Waals surface area contributed by atoms with E-state index in [9.17, 15) is 19.6 Å². The maximum Gasteiger partial charge on any atom is 0.294 e. The van der Waals surface area contributed by atoms with Gasteiger partial charge in [-0.05, 0) is 72.8 Å². The first-order chi connectivity index (χ1) is 18.4. The Morgan fingerprint density at radius 1 is 1.08 bits per heavy atom. The number of nitrogens with one attached hydrogen (secondary N) is 1. The molecule has 1 heterocycles. The Labute approximate surface area is 228 Å². The van der Waals surface area contributed by atoms with E-state index in [1.807, 2.05) is 19.1 Å². The number of nitrogens with zero attached hydrogens (tertiary/aromatic N) is 2. The minimum Gasteiger partial charge on any atom is -0.490 e. The Balaban J connectivity index is 1.45. The summed E-state index contributed by atoms with van der Waals surface area (Å²) in [6.45, 7) is 1.99. The van der Waals surface area contributed by atoms with Gasteiger partial charge in [0, 0.05) is 16.3 Å². The van der Waals surface area contributed by atoms with Crippen molar-refractivity contribution >= 4 is 52.2 Å². The highest BCUT2D eigenvalue weighted by Crippen LogP contribution is 2.35. The van der Waals surface area contributed by atoms with Crippen LogP contribution in [0, 0.1) is 11.3 Å². The van der Waals surface area contributed by atoms with Crippen LogP contribution in [0.3, 0.4) is 0 Å². The summed E-state index contributed by atoms with van der Waals surface area (Å²) in [7, 11) is 0. The number of hydrogen-bond donors (Lipinski definition) is 1. The van der Waals surface area contributed by atoms with Gasteiger partial charge >= 0.3 is 0 Å². The van der Waals surface area contributed by atoms with Gasteiger partial charge in [0.25, 0.3) is 11.1 Å². The first-order valence-corrected chi connectivity index (χ1v) is 12.8. The van der Waals surface area contributed by atoms with Crippen molar-refractivity contribution in [3.05, 3.63) is 93.3 Å². The van der Waals surface area contributed by atoms with Crippen LogP contribution in [0.15, 0.2) is 71.6 Å². The third-order valence-electron chi connectivity index (χ3n) is 5.39. The maximum atomic E-state index is 12.9. The summed E-state index contributed by atoms with van der Waals surface area (Å²) in [5.74, 6) is -0.132. The Kier molecular flexibility index (Phi) is 8.69. The van der Waals surface area contributed by atoms with Crippen LogP contribution in [-0.4, -0.2) is 35.1 Å². The van der Waals surface area contributed by atoms with Crippen molar-refractivity contribution in [1.29, 1.82) is 5.26 Å². The van der Waals surface area contributed by atoms with Crippen molar-refractivity contribution in [2.75, 3.05) is 18.5 Å². The predicted molar refractivity (Wildman–Crippen MR) is 146 cm³/mol. The summed E-state index contributed by atoms with van der Waals surface area (Å²) in [4.78, 5) is 38.8. The zero-order valence-electron chi connectivity index (χ0n) is 20.3. The van der Waals surface area contributed by atoms with Crippen LogP contribution in [0.2, 0.25) is 5.02 Å². The molecular weight excluding hydrogens is 526 g/mol. The Morgan fingerprint density at radius 2 is 1.84 bits per heavy atom. The van der Waals surface area contributed by atoms with Crippen molar-refractivity contribution in [3.8, 4) is 17.6 Å². The molecule has 0 radical (unpaired) electrons. The van der Waals surface area contributed by atoms with Crippen molar-refractivity contribution in [3.63, 3.8) is 0 Å². The lowest BCUT2D eigenvalue weighted by Crippen LogP contribution is -2.36. The van der Waals surface area contributed by atoms with E-state index >= 15 is 0 Å². The second kappa shape index (κ2) is 12.3. The molecule has 0 spiro atoms. The van der Waals surface area contributed by atoms with Crippen molar-refractivity contribution in [2.45, 2.75) is 13.5 Å². The van der Waals surface area contributed by atoms with Gasteiger partial charge in [0.15, 0.2) is 11.5 Å². The van der Waals surface area contributed by atoms with E-state index in [4.69, 9.17) is 21.1 Å². The molecule has 0 aromatic heterocycles. The first kappa shape index (κ1) is 26.8. The lowest BCUT2D eigenvalue weighted by Gasteiger charge is -2.13.